The van der Waals surface area contributed by atoms with Crippen LogP contribution in [0, 0.1) is 0 Å². The van der Waals surface area contributed by atoms with E-state index in [1.54, 1.807) is 18.2 Å². The van der Waals surface area contributed by atoms with Crippen molar-refractivity contribution in [2.75, 3.05) is 19.0 Å². The topological polar surface area (TPSA) is 41.9 Å². The van der Waals surface area contributed by atoms with Crippen molar-refractivity contribution in [3.63, 3.8) is 0 Å². The second kappa shape index (κ2) is 7.04. The molecule has 0 heterocycles. The Bertz CT molecular complexity index is 652. The molecule has 5 heteroatoms. The molecular weight excluding hydrogens is 332 g/mol. The predicted molar refractivity (Wildman–Crippen MR) is 87.9 cm³/mol. The summed E-state index contributed by atoms with van der Waals surface area (Å²) in [6.45, 7) is 0. The normalized spacial score (nSPS) is 10.6. The first-order chi connectivity index (χ1) is 10.1. The number of carbonyl (C=O) groups is 1. The van der Waals surface area contributed by atoms with E-state index in [0.29, 0.717) is 10.0 Å². The molecule has 21 heavy (non-hydrogen) atoms. The fourth-order valence-electron chi connectivity index (χ4n) is 1.67. The Labute approximate surface area is 132 Å². The average molecular weight is 347 g/mol. The Morgan fingerprint density at radius 2 is 1.81 bits per heavy atom. The summed E-state index contributed by atoms with van der Waals surface area (Å²) in [6.07, 6.45) is 1.51. The van der Waals surface area contributed by atoms with Crippen molar-refractivity contribution in [2.24, 2.45) is 5.16 Å². The lowest BCUT2D eigenvalue weighted by Gasteiger charge is -2.11. The molecule has 0 aliphatic rings. The molecule has 108 valence electrons. The Kier molecular flexibility index (Phi) is 5.11. The molecule has 0 saturated carbocycles. The highest BCUT2D eigenvalue weighted by Gasteiger charge is 2.10. The van der Waals surface area contributed by atoms with Crippen molar-refractivity contribution in [2.45, 2.75) is 0 Å². The fraction of sp³-hybridized carbons (Fsp3) is 0.125. The monoisotopic (exact) mass is 346 g/mol. The van der Waals surface area contributed by atoms with Gasteiger partial charge < -0.3 is 9.74 Å². The highest BCUT2D eigenvalue weighted by atomic mass is 79.9. The average Bonchev–Trinajstić information content (AvgIpc) is 2.48. The van der Waals surface area contributed by atoms with Crippen LogP contribution in [0.5, 0.6) is 0 Å². The Morgan fingerprint density at radius 3 is 2.43 bits per heavy atom. The maximum Gasteiger partial charge on any atom is 0.366 e. The van der Waals surface area contributed by atoms with Crippen LogP contribution in [0.15, 0.2) is 58.2 Å². The smallest absolute Gasteiger partial charge is 0.366 e. The van der Waals surface area contributed by atoms with Crippen LogP contribution in [0.25, 0.3) is 0 Å². The number of hydrogen-bond donors (Lipinski definition) is 0. The van der Waals surface area contributed by atoms with Crippen LogP contribution in [0.1, 0.15) is 15.9 Å². The van der Waals surface area contributed by atoms with Gasteiger partial charge in [0.25, 0.3) is 0 Å². The van der Waals surface area contributed by atoms with Gasteiger partial charge in [-0.05, 0) is 45.8 Å². The number of benzene rings is 2. The zero-order valence-corrected chi connectivity index (χ0v) is 13.4. The van der Waals surface area contributed by atoms with E-state index >= 15 is 0 Å². The molecule has 2 aromatic carbocycles. The summed E-state index contributed by atoms with van der Waals surface area (Å²) < 4.78 is 0.681. The van der Waals surface area contributed by atoms with Gasteiger partial charge in [-0.1, -0.05) is 29.4 Å². The first kappa shape index (κ1) is 15.3. The highest BCUT2D eigenvalue weighted by Crippen LogP contribution is 2.17. The van der Waals surface area contributed by atoms with Crippen LogP contribution in [0.3, 0.4) is 0 Å². The lowest BCUT2D eigenvalue weighted by molar-refractivity contribution is 0.0518. The van der Waals surface area contributed by atoms with Gasteiger partial charge in [-0.15, -0.1) is 0 Å². The lowest BCUT2D eigenvalue weighted by Crippen LogP contribution is -2.08. The number of oxime groups is 1. The van der Waals surface area contributed by atoms with Crippen LogP contribution in [-0.4, -0.2) is 26.3 Å². The summed E-state index contributed by atoms with van der Waals surface area (Å²) in [7, 11) is 3.95. The highest BCUT2D eigenvalue weighted by molar-refractivity contribution is 9.10. The van der Waals surface area contributed by atoms with Gasteiger partial charge in [0.15, 0.2) is 0 Å². The van der Waals surface area contributed by atoms with Gasteiger partial charge in [-0.2, -0.15) is 0 Å². The molecule has 0 aliphatic heterocycles. The molecule has 2 rings (SSSR count). The van der Waals surface area contributed by atoms with Crippen molar-refractivity contribution in [3.05, 3.63) is 64.1 Å². The standard InChI is InChI=1S/C16H15BrN2O2/c1-19(2)13-9-7-12(8-10-13)11-18-21-16(20)14-5-3-4-6-15(14)17/h3-11H,1-2H3/b18-11-. The van der Waals surface area contributed by atoms with Crippen LogP contribution in [0.2, 0.25) is 0 Å². The molecule has 0 aromatic heterocycles. The second-order valence-electron chi connectivity index (χ2n) is 4.58. The van der Waals surface area contributed by atoms with Gasteiger partial charge in [0.1, 0.15) is 0 Å². The number of rotatable bonds is 4. The molecular formula is C16H15BrN2O2. The van der Waals surface area contributed by atoms with Gasteiger partial charge in [0.2, 0.25) is 0 Å². The summed E-state index contributed by atoms with van der Waals surface area (Å²) >= 11 is 3.30. The van der Waals surface area contributed by atoms with Crippen molar-refractivity contribution in [1.29, 1.82) is 0 Å². The third-order valence-corrected chi connectivity index (χ3v) is 3.53. The Morgan fingerprint density at radius 1 is 1.14 bits per heavy atom. The molecule has 0 spiro atoms. The largest absolute Gasteiger partial charge is 0.378 e. The molecule has 0 unspecified atom stereocenters. The zero-order chi connectivity index (χ0) is 15.2. The Hall–Kier alpha value is -2.14. The van der Waals surface area contributed by atoms with E-state index in [-0.39, 0.29) is 0 Å². The minimum Gasteiger partial charge on any atom is -0.378 e. The van der Waals surface area contributed by atoms with E-state index in [1.165, 1.54) is 6.21 Å². The number of carbonyl (C=O) groups excluding carboxylic acids is 1. The quantitative estimate of drug-likeness (QED) is 0.481. The molecule has 0 atom stereocenters. The van der Waals surface area contributed by atoms with Gasteiger partial charge in [-0.25, -0.2) is 4.79 Å². The fourth-order valence-corrected chi connectivity index (χ4v) is 2.12. The summed E-state index contributed by atoms with van der Waals surface area (Å²) in [5, 5.41) is 3.72. The van der Waals surface area contributed by atoms with Gasteiger partial charge in [0, 0.05) is 24.3 Å². The molecule has 0 saturated heterocycles. The SMILES string of the molecule is CN(C)c1ccc(/C=N\OC(=O)c2ccccc2Br)cc1. The molecule has 0 N–H and O–H groups in total. The molecule has 2 aromatic rings. The van der Waals surface area contributed by atoms with Gasteiger partial charge >= 0.3 is 5.97 Å². The van der Waals surface area contributed by atoms with E-state index in [9.17, 15) is 4.79 Å². The third kappa shape index (κ3) is 4.16. The third-order valence-electron chi connectivity index (χ3n) is 2.84. The van der Waals surface area contributed by atoms with Gasteiger partial charge in [0.05, 0.1) is 11.8 Å². The van der Waals surface area contributed by atoms with Crippen molar-refractivity contribution in [3.8, 4) is 0 Å². The van der Waals surface area contributed by atoms with E-state index in [2.05, 4.69) is 21.1 Å². The first-order valence-corrected chi connectivity index (χ1v) is 7.14. The summed E-state index contributed by atoms with van der Waals surface area (Å²) in [5.41, 5.74) is 2.40. The zero-order valence-electron chi connectivity index (χ0n) is 11.8. The van der Waals surface area contributed by atoms with Crippen molar-refractivity contribution < 1.29 is 9.63 Å². The lowest BCUT2D eigenvalue weighted by atomic mass is 10.2. The van der Waals surface area contributed by atoms with E-state index in [4.69, 9.17) is 4.84 Å². The van der Waals surface area contributed by atoms with Crippen LogP contribution in [-0.2, 0) is 4.84 Å². The number of hydrogen-bond acceptors (Lipinski definition) is 4. The van der Waals surface area contributed by atoms with Gasteiger partial charge in [-0.3, -0.25) is 0 Å². The molecule has 0 aliphatic carbocycles. The van der Waals surface area contributed by atoms with Crippen molar-refractivity contribution >= 4 is 33.8 Å². The molecule has 0 amide bonds. The summed E-state index contributed by atoms with van der Waals surface area (Å²) in [6, 6.07) is 14.8. The van der Waals surface area contributed by atoms with Crippen LogP contribution < -0.4 is 4.90 Å². The minimum absolute atomic E-state index is 0.442. The summed E-state index contributed by atoms with van der Waals surface area (Å²) in [5.74, 6) is -0.497. The second-order valence-corrected chi connectivity index (χ2v) is 5.43. The maximum absolute atomic E-state index is 11.8. The molecule has 4 nitrogen and oxygen atoms in total. The van der Waals surface area contributed by atoms with Crippen LogP contribution in [0.4, 0.5) is 5.69 Å². The molecule has 0 radical (unpaired) electrons. The van der Waals surface area contributed by atoms with Crippen LogP contribution >= 0.6 is 15.9 Å². The van der Waals surface area contributed by atoms with Crippen molar-refractivity contribution in [1.82, 2.24) is 0 Å². The minimum atomic E-state index is -0.497. The first-order valence-electron chi connectivity index (χ1n) is 6.34. The van der Waals surface area contributed by atoms with E-state index in [1.807, 2.05) is 49.3 Å². The number of anilines is 1. The molecule has 0 bridgehead atoms. The van der Waals surface area contributed by atoms with E-state index < -0.39 is 5.97 Å². The predicted octanol–water partition coefficient (Wildman–Crippen LogP) is 3.71. The number of nitrogens with zero attached hydrogens (tertiary/aromatic N) is 2. The number of halogens is 1. The molecule has 0 fully saturated rings. The van der Waals surface area contributed by atoms with E-state index in [0.717, 1.165) is 11.3 Å². The Balaban J connectivity index is 1.99. The maximum atomic E-state index is 11.8. The summed E-state index contributed by atoms with van der Waals surface area (Å²) in [4.78, 5) is 18.7.